The van der Waals surface area contributed by atoms with Crippen molar-refractivity contribution in [3.05, 3.63) is 16.4 Å². The Morgan fingerprint density at radius 3 is 2.82 bits per heavy atom. The van der Waals surface area contributed by atoms with Crippen molar-refractivity contribution in [1.82, 2.24) is 10.2 Å². The Kier molecular flexibility index (Phi) is 3.69. The molecule has 1 aliphatic carbocycles. The van der Waals surface area contributed by atoms with Gasteiger partial charge in [0.15, 0.2) is 10.3 Å². The molecule has 2 N–H and O–H groups in total. The van der Waals surface area contributed by atoms with E-state index in [1.807, 2.05) is 0 Å². The van der Waals surface area contributed by atoms with E-state index >= 15 is 0 Å². The van der Waals surface area contributed by atoms with Crippen molar-refractivity contribution >= 4 is 34.9 Å². The van der Waals surface area contributed by atoms with Crippen LogP contribution in [0.5, 0.6) is 0 Å². The van der Waals surface area contributed by atoms with Gasteiger partial charge < -0.3 is 10.4 Å². The van der Waals surface area contributed by atoms with Crippen LogP contribution in [0.4, 0.5) is 5.69 Å². The highest BCUT2D eigenvalue weighted by molar-refractivity contribution is 6.33. The molecule has 5 nitrogen and oxygen atoms in total. The second-order valence-corrected chi connectivity index (χ2v) is 4.81. The summed E-state index contributed by atoms with van der Waals surface area (Å²) in [7, 11) is 0. The molecule has 7 heteroatoms. The molecular formula is C10H11Cl2N3O2. The first-order valence-corrected chi connectivity index (χ1v) is 6.00. The number of carboxylic acid groups (broad SMARTS) is 1. The molecule has 0 saturated heterocycles. The van der Waals surface area contributed by atoms with Crippen molar-refractivity contribution in [2.24, 2.45) is 5.92 Å². The smallest absolute Gasteiger partial charge is 0.306 e. The van der Waals surface area contributed by atoms with Crippen LogP contribution in [-0.2, 0) is 4.79 Å². The number of aromatic nitrogens is 2. The summed E-state index contributed by atoms with van der Waals surface area (Å²) in [6.45, 7) is 0. The maximum atomic E-state index is 10.8. The molecule has 1 heterocycles. The molecule has 2 atom stereocenters. The van der Waals surface area contributed by atoms with E-state index in [4.69, 9.17) is 28.3 Å². The Morgan fingerprint density at radius 2 is 2.18 bits per heavy atom. The minimum Gasteiger partial charge on any atom is -0.481 e. The van der Waals surface area contributed by atoms with Crippen LogP contribution in [0, 0.1) is 5.92 Å². The zero-order valence-corrected chi connectivity index (χ0v) is 10.4. The first kappa shape index (κ1) is 12.4. The van der Waals surface area contributed by atoms with E-state index in [0.717, 1.165) is 6.42 Å². The molecule has 0 spiro atoms. The topological polar surface area (TPSA) is 75.1 Å². The van der Waals surface area contributed by atoms with Gasteiger partial charge in [0.1, 0.15) is 0 Å². The third-order valence-electron chi connectivity index (χ3n) is 2.86. The SMILES string of the molecule is O=C(O)[C@@H]1CC[C@H](Nc2cc(Cl)nnc2Cl)C1. The number of carbonyl (C=O) groups is 1. The number of carboxylic acids is 1. The predicted molar refractivity (Wildman–Crippen MR) is 64.4 cm³/mol. The summed E-state index contributed by atoms with van der Waals surface area (Å²) in [5.41, 5.74) is 0.600. The fourth-order valence-electron chi connectivity index (χ4n) is 2.01. The molecular weight excluding hydrogens is 265 g/mol. The minimum atomic E-state index is -0.744. The number of hydrogen-bond acceptors (Lipinski definition) is 4. The van der Waals surface area contributed by atoms with Crippen molar-refractivity contribution in [2.75, 3.05) is 5.32 Å². The molecule has 1 aromatic rings. The molecule has 92 valence electrons. The van der Waals surface area contributed by atoms with Crippen LogP contribution in [0.1, 0.15) is 19.3 Å². The summed E-state index contributed by atoms with van der Waals surface area (Å²) >= 11 is 11.6. The van der Waals surface area contributed by atoms with Crippen LogP contribution in [0.2, 0.25) is 10.3 Å². The highest BCUT2D eigenvalue weighted by atomic mass is 35.5. The molecule has 0 bridgehead atoms. The van der Waals surface area contributed by atoms with E-state index in [-0.39, 0.29) is 22.3 Å². The number of aliphatic carboxylic acids is 1. The van der Waals surface area contributed by atoms with Crippen molar-refractivity contribution in [2.45, 2.75) is 25.3 Å². The lowest BCUT2D eigenvalue weighted by molar-refractivity contribution is -0.141. The van der Waals surface area contributed by atoms with Crippen molar-refractivity contribution in [1.29, 1.82) is 0 Å². The van der Waals surface area contributed by atoms with Crippen molar-refractivity contribution < 1.29 is 9.90 Å². The number of halogens is 2. The second kappa shape index (κ2) is 5.06. The predicted octanol–water partition coefficient (Wildman–Crippen LogP) is 2.45. The average molecular weight is 276 g/mol. The van der Waals surface area contributed by atoms with E-state index in [0.29, 0.717) is 18.5 Å². The lowest BCUT2D eigenvalue weighted by Crippen LogP contribution is -2.18. The van der Waals surface area contributed by atoms with Gasteiger partial charge in [0.2, 0.25) is 0 Å². The Bertz CT molecular complexity index is 442. The third kappa shape index (κ3) is 2.98. The normalized spacial score (nSPS) is 23.6. The molecule has 1 fully saturated rings. The van der Waals surface area contributed by atoms with Crippen LogP contribution in [-0.4, -0.2) is 27.3 Å². The van der Waals surface area contributed by atoms with Crippen LogP contribution in [0.3, 0.4) is 0 Å². The molecule has 2 rings (SSSR count). The maximum Gasteiger partial charge on any atom is 0.306 e. The average Bonchev–Trinajstić information content (AvgIpc) is 2.72. The third-order valence-corrected chi connectivity index (χ3v) is 3.32. The summed E-state index contributed by atoms with van der Waals surface area (Å²) in [5.74, 6) is -1.03. The van der Waals surface area contributed by atoms with Gasteiger partial charge in [-0.2, -0.15) is 0 Å². The maximum absolute atomic E-state index is 10.8. The lowest BCUT2D eigenvalue weighted by Gasteiger charge is -2.14. The molecule has 0 unspecified atom stereocenters. The summed E-state index contributed by atoms with van der Waals surface area (Å²) < 4.78 is 0. The zero-order chi connectivity index (χ0) is 12.4. The summed E-state index contributed by atoms with van der Waals surface area (Å²) in [5, 5.41) is 19.8. The van der Waals surface area contributed by atoms with Crippen LogP contribution in [0.15, 0.2) is 6.07 Å². The van der Waals surface area contributed by atoms with Crippen molar-refractivity contribution in [3.8, 4) is 0 Å². The monoisotopic (exact) mass is 275 g/mol. The molecule has 0 aliphatic heterocycles. The number of anilines is 1. The lowest BCUT2D eigenvalue weighted by atomic mass is 10.1. The van der Waals surface area contributed by atoms with Gasteiger partial charge in [0, 0.05) is 12.1 Å². The number of nitrogens with zero attached hydrogens (tertiary/aromatic N) is 2. The van der Waals surface area contributed by atoms with Gasteiger partial charge in [-0.05, 0) is 19.3 Å². The molecule has 1 aromatic heterocycles. The van der Waals surface area contributed by atoms with Gasteiger partial charge in [0.25, 0.3) is 0 Å². The standard InChI is InChI=1S/C10H11Cl2N3O2/c11-8-4-7(9(12)15-14-8)13-6-2-1-5(3-6)10(16)17/h4-6H,1-3H2,(H,13,14)(H,16,17)/t5-,6+/m1/s1. The van der Waals surface area contributed by atoms with E-state index < -0.39 is 5.97 Å². The van der Waals surface area contributed by atoms with Gasteiger partial charge in [-0.25, -0.2) is 0 Å². The number of hydrogen-bond donors (Lipinski definition) is 2. The highest BCUT2D eigenvalue weighted by Crippen LogP contribution is 2.30. The van der Waals surface area contributed by atoms with Crippen molar-refractivity contribution in [3.63, 3.8) is 0 Å². The van der Waals surface area contributed by atoms with Gasteiger partial charge in [-0.15, -0.1) is 10.2 Å². The van der Waals surface area contributed by atoms with Gasteiger partial charge in [-0.1, -0.05) is 23.2 Å². The first-order chi connectivity index (χ1) is 8.06. The van der Waals surface area contributed by atoms with E-state index in [1.165, 1.54) is 0 Å². The van der Waals surface area contributed by atoms with Crippen LogP contribution in [0.25, 0.3) is 0 Å². The minimum absolute atomic E-state index is 0.0915. The second-order valence-electron chi connectivity index (χ2n) is 4.06. The molecule has 17 heavy (non-hydrogen) atoms. The van der Waals surface area contributed by atoms with Crippen LogP contribution < -0.4 is 5.32 Å². The Labute approximate surface area is 108 Å². The Hall–Kier alpha value is -1.07. The Morgan fingerprint density at radius 1 is 1.41 bits per heavy atom. The number of nitrogens with one attached hydrogen (secondary N) is 1. The van der Waals surface area contributed by atoms with E-state index in [1.54, 1.807) is 6.07 Å². The zero-order valence-electron chi connectivity index (χ0n) is 8.86. The summed E-state index contributed by atoms with van der Waals surface area (Å²) in [6, 6.07) is 1.68. The largest absolute Gasteiger partial charge is 0.481 e. The molecule has 0 amide bonds. The quantitative estimate of drug-likeness (QED) is 0.886. The van der Waals surface area contributed by atoms with Gasteiger partial charge in [-0.3, -0.25) is 4.79 Å². The van der Waals surface area contributed by atoms with Gasteiger partial charge >= 0.3 is 5.97 Å². The first-order valence-electron chi connectivity index (χ1n) is 5.24. The highest BCUT2D eigenvalue weighted by Gasteiger charge is 2.29. The summed E-state index contributed by atoms with van der Waals surface area (Å²) in [4.78, 5) is 10.8. The van der Waals surface area contributed by atoms with Crippen LogP contribution >= 0.6 is 23.2 Å². The fraction of sp³-hybridized carbons (Fsp3) is 0.500. The molecule has 0 aromatic carbocycles. The molecule has 1 aliphatic rings. The van der Waals surface area contributed by atoms with Gasteiger partial charge in [0.05, 0.1) is 11.6 Å². The molecule has 1 saturated carbocycles. The molecule has 0 radical (unpaired) electrons. The Balaban J connectivity index is 2.02. The number of rotatable bonds is 3. The fourth-order valence-corrected chi connectivity index (χ4v) is 2.30. The summed E-state index contributed by atoms with van der Waals surface area (Å²) in [6.07, 6.45) is 2.07. The van der Waals surface area contributed by atoms with E-state index in [2.05, 4.69) is 15.5 Å². The van der Waals surface area contributed by atoms with E-state index in [9.17, 15) is 4.79 Å².